The first kappa shape index (κ1) is 12.5. The summed E-state index contributed by atoms with van der Waals surface area (Å²) in [7, 11) is 1.93. The monoisotopic (exact) mass is 262 g/mol. The van der Waals surface area contributed by atoms with Gasteiger partial charge in [-0.3, -0.25) is 0 Å². The first-order valence-corrected chi connectivity index (χ1v) is 7.21. The molecule has 3 rings (SSSR count). The second kappa shape index (κ2) is 5.23. The fourth-order valence-corrected chi connectivity index (χ4v) is 3.30. The molecule has 5 heteroatoms. The maximum atomic E-state index is 11.8. The zero-order chi connectivity index (χ0) is 13.2. The quantitative estimate of drug-likeness (QED) is 0.867. The number of aromatic nitrogens is 2. The summed E-state index contributed by atoms with van der Waals surface area (Å²) < 4.78 is 1.91. The Balaban J connectivity index is 1.38. The van der Waals surface area contributed by atoms with Crippen LogP contribution in [0.5, 0.6) is 0 Å². The Bertz CT molecular complexity index is 456. The number of imidazole rings is 1. The van der Waals surface area contributed by atoms with Crippen LogP contribution in [-0.2, 0) is 13.6 Å². The van der Waals surface area contributed by atoms with Gasteiger partial charge in [0.15, 0.2) is 0 Å². The van der Waals surface area contributed by atoms with E-state index in [1.165, 1.54) is 25.7 Å². The third-order valence-corrected chi connectivity index (χ3v) is 4.60. The molecule has 5 nitrogen and oxygen atoms in total. The number of carbonyl (C=O) groups excluding carboxylic acids is 1. The first-order chi connectivity index (χ1) is 9.24. The summed E-state index contributed by atoms with van der Waals surface area (Å²) in [5, 5.41) is 5.89. The Morgan fingerprint density at radius 2 is 2.37 bits per heavy atom. The largest absolute Gasteiger partial charge is 0.338 e. The minimum absolute atomic E-state index is 0.0658. The Morgan fingerprint density at radius 1 is 1.47 bits per heavy atom. The highest BCUT2D eigenvalue weighted by atomic mass is 16.2. The Labute approximate surface area is 113 Å². The average molecular weight is 262 g/mol. The molecule has 0 radical (unpaired) electrons. The Hall–Kier alpha value is -1.52. The highest BCUT2D eigenvalue weighted by Crippen LogP contribution is 2.52. The van der Waals surface area contributed by atoms with E-state index in [4.69, 9.17) is 0 Å². The third kappa shape index (κ3) is 2.91. The molecule has 0 spiro atoms. The molecule has 0 aromatic carbocycles. The summed E-state index contributed by atoms with van der Waals surface area (Å²) in [6.45, 7) is 1.36. The van der Waals surface area contributed by atoms with Crippen molar-refractivity contribution in [1.82, 2.24) is 20.2 Å². The SMILES string of the molecule is Cn1cncc1CNC(=O)NCC1CCCC2CC12. The van der Waals surface area contributed by atoms with Gasteiger partial charge in [-0.05, 0) is 30.6 Å². The van der Waals surface area contributed by atoms with Crippen LogP contribution >= 0.6 is 0 Å². The van der Waals surface area contributed by atoms with Crippen LogP contribution in [0.25, 0.3) is 0 Å². The molecule has 2 aliphatic rings. The number of nitrogens with one attached hydrogen (secondary N) is 2. The normalized spacial score (nSPS) is 28.6. The minimum Gasteiger partial charge on any atom is -0.338 e. The van der Waals surface area contributed by atoms with Gasteiger partial charge in [0.1, 0.15) is 0 Å². The molecule has 0 aliphatic heterocycles. The van der Waals surface area contributed by atoms with Crippen molar-refractivity contribution < 1.29 is 4.79 Å². The zero-order valence-corrected chi connectivity index (χ0v) is 11.4. The van der Waals surface area contributed by atoms with Gasteiger partial charge in [0, 0.05) is 19.8 Å². The van der Waals surface area contributed by atoms with E-state index in [-0.39, 0.29) is 6.03 Å². The molecule has 2 saturated carbocycles. The van der Waals surface area contributed by atoms with E-state index >= 15 is 0 Å². The topological polar surface area (TPSA) is 59.0 Å². The number of hydrogen-bond acceptors (Lipinski definition) is 2. The Morgan fingerprint density at radius 3 is 3.16 bits per heavy atom. The van der Waals surface area contributed by atoms with Gasteiger partial charge < -0.3 is 15.2 Å². The molecule has 19 heavy (non-hydrogen) atoms. The van der Waals surface area contributed by atoms with Crippen molar-refractivity contribution in [3.05, 3.63) is 18.2 Å². The highest BCUT2D eigenvalue weighted by Gasteiger charge is 2.44. The molecule has 104 valence electrons. The molecule has 1 aromatic rings. The van der Waals surface area contributed by atoms with Crippen molar-refractivity contribution in [2.75, 3.05) is 6.54 Å². The predicted octanol–water partition coefficient (Wildman–Crippen LogP) is 1.66. The van der Waals surface area contributed by atoms with E-state index < -0.39 is 0 Å². The summed E-state index contributed by atoms with van der Waals surface area (Å²) in [5.41, 5.74) is 1.01. The van der Waals surface area contributed by atoms with Crippen LogP contribution in [0.4, 0.5) is 4.79 Å². The number of urea groups is 1. The molecule has 2 aliphatic carbocycles. The molecule has 0 saturated heterocycles. The number of carbonyl (C=O) groups is 1. The van der Waals surface area contributed by atoms with Gasteiger partial charge in [-0.2, -0.15) is 0 Å². The lowest BCUT2D eigenvalue weighted by atomic mass is 9.89. The molecule has 2 amide bonds. The number of nitrogens with zero attached hydrogens (tertiary/aromatic N) is 2. The van der Waals surface area contributed by atoms with Crippen LogP contribution in [0, 0.1) is 17.8 Å². The smallest absolute Gasteiger partial charge is 0.315 e. The van der Waals surface area contributed by atoms with E-state index in [0.29, 0.717) is 12.5 Å². The fourth-order valence-electron chi connectivity index (χ4n) is 3.30. The van der Waals surface area contributed by atoms with Gasteiger partial charge in [0.05, 0.1) is 18.6 Å². The molecule has 0 bridgehead atoms. The van der Waals surface area contributed by atoms with Crippen LogP contribution < -0.4 is 10.6 Å². The van der Waals surface area contributed by atoms with Crippen molar-refractivity contribution in [2.24, 2.45) is 24.8 Å². The summed E-state index contributed by atoms with van der Waals surface area (Å²) >= 11 is 0. The lowest BCUT2D eigenvalue weighted by Gasteiger charge is -2.21. The highest BCUT2D eigenvalue weighted by molar-refractivity contribution is 5.73. The summed E-state index contributed by atoms with van der Waals surface area (Å²) in [4.78, 5) is 15.8. The number of fused-ring (bicyclic) bond motifs is 1. The standard InChI is InChI=1S/C14H22N4O/c1-18-9-15-7-12(18)8-17-14(19)16-6-11-4-2-3-10-5-13(10)11/h7,9-11,13H,2-6,8H2,1H3,(H2,16,17,19). The maximum Gasteiger partial charge on any atom is 0.315 e. The van der Waals surface area contributed by atoms with Gasteiger partial charge in [0.2, 0.25) is 0 Å². The lowest BCUT2D eigenvalue weighted by Crippen LogP contribution is -2.39. The first-order valence-electron chi connectivity index (χ1n) is 7.21. The van der Waals surface area contributed by atoms with Crippen LogP contribution in [0.15, 0.2) is 12.5 Å². The maximum absolute atomic E-state index is 11.8. The van der Waals surface area contributed by atoms with Crippen LogP contribution in [0.2, 0.25) is 0 Å². The van der Waals surface area contributed by atoms with E-state index in [1.54, 1.807) is 12.5 Å². The summed E-state index contributed by atoms with van der Waals surface area (Å²) in [6.07, 6.45) is 8.94. The number of aryl methyl sites for hydroxylation is 1. The van der Waals surface area contributed by atoms with Crippen LogP contribution in [-0.4, -0.2) is 22.1 Å². The van der Waals surface area contributed by atoms with Gasteiger partial charge in [-0.1, -0.05) is 12.8 Å². The lowest BCUT2D eigenvalue weighted by molar-refractivity contribution is 0.234. The van der Waals surface area contributed by atoms with E-state index in [2.05, 4.69) is 15.6 Å². The zero-order valence-electron chi connectivity index (χ0n) is 11.4. The number of rotatable bonds is 4. The van der Waals surface area contributed by atoms with Crippen molar-refractivity contribution in [1.29, 1.82) is 0 Å². The van der Waals surface area contributed by atoms with Crippen LogP contribution in [0.3, 0.4) is 0 Å². The molecule has 1 aromatic heterocycles. The number of hydrogen-bond donors (Lipinski definition) is 2. The molecular weight excluding hydrogens is 240 g/mol. The van der Waals surface area contributed by atoms with E-state index in [9.17, 15) is 4.79 Å². The van der Waals surface area contributed by atoms with Crippen molar-refractivity contribution in [3.8, 4) is 0 Å². The molecule has 2 fully saturated rings. The predicted molar refractivity (Wildman–Crippen MR) is 72.4 cm³/mol. The van der Waals surface area contributed by atoms with Crippen molar-refractivity contribution in [3.63, 3.8) is 0 Å². The second-order valence-electron chi connectivity index (χ2n) is 5.91. The van der Waals surface area contributed by atoms with Gasteiger partial charge in [0.25, 0.3) is 0 Å². The van der Waals surface area contributed by atoms with Crippen LogP contribution in [0.1, 0.15) is 31.4 Å². The van der Waals surface area contributed by atoms with Crippen molar-refractivity contribution in [2.45, 2.75) is 32.2 Å². The summed E-state index contributed by atoms with van der Waals surface area (Å²) in [5.74, 6) is 2.57. The van der Waals surface area contributed by atoms with E-state index in [0.717, 1.165) is 24.1 Å². The van der Waals surface area contributed by atoms with E-state index in [1.807, 2.05) is 11.6 Å². The summed E-state index contributed by atoms with van der Waals surface area (Å²) in [6, 6.07) is -0.0658. The van der Waals surface area contributed by atoms with Crippen molar-refractivity contribution >= 4 is 6.03 Å². The van der Waals surface area contributed by atoms with Gasteiger partial charge in [-0.25, -0.2) is 9.78 Å². The molecular formula is C14H22N4O. The number of amides is 2. The second-order valence-corrected chi connectivity index (χ2v) is 5.91. The molecule has 2 N–H and O–H groups in total. The Kier molecular flexibility index (Phi) is 3.44. The van der Waals surface area contributed by atoms with Gasteiger partial charge >= 0.3 is 6.03 Å². The molecule has 3 unspecified atom stereocenters. The molecule has 1 heterocycles. The average Bonchev–Trinajstić information content (AvgIpc) is 3.10. The van der Waals surface area contributed by atoms with Gasteiger partial charge in [-0.15, -0.1) is 0 Å². The minimum atomic E-state index is -0.0658. The third-order valence-electron chi connectivity index (χ3n) is 4.60. The fraction of sp³-hybridized carbons (Fsp3) is 0.714. The molecule has 3 atom stereocenters.